The molecule has 0 saturated heterocycles. The van der Waals surface area contributed by atoms with Crippen LogP contribution in [-0.2, 0) is 0 Å². The van der Waals surface area contributed by atoms with Crippen LogP contribution < -0.4 is 29.1 Å². The van der Waals surface area contributed by atoms with Crippen LogP contribution in [0.15, 0.2) is 35.4 Å². The van der Waals surface area contributed by atoms with Gasteiger partial charge in [0.15, 0.2) is 23.0 Å². The first kappa shape index (κ1) is 18.4. The van der Waals surface area contributed by atoms with Crippen molar-refractivity contribution in [3.05, 3.63) is 41.5 Å². The second-order valence-electron chi connectivity index (χ2n) is 5.62. The maximum absolute atomic E-state index is 12.5. The molecule has 2 aromatic carbocycles. The minimum Gasteiger partial charge on any atom is -0.493 e. The predicted octanol–water partition coefficient (Wildman–Crippen LogP) is 2.60. The molecule has 0 aromatic heterocycles. The lowest BCUT2D eigenvalue weighted by Gasteiger charge is -2.13. The standard InChI is InChI=1S/C19H20N2O6/c1-11(12-5-6-14-15(7-12)27-10-26-14)20-21-19(22)13-8-16(23-2)18(25-4)17(9-13)24-3/h5-9H,10H2,1-4H3,(H,21,22)/b20-11-. The van der Waals surface area contributed by atoms with Crippen molar-refractivity contribution in [2.75, 3.05) is 28.1 Å². The van der Waals surface area contributed by atoms with E-state index in [-0.39, 0.29) is 6.79 Å². The number of amides is 1. The molecule has 0 fully saturated rings. The fraction of sp³-hybridized carbons (Fsp3) is 0.263. The van der Waals surface area contributed by atoms with E-state index in [0.717, 1.165) is 5.56 Å². The Balaban J connectivity index is 1.79. The molecular formula is C19H20N2O6. The summed E-state index contributed by atoms with van der Waals surface area (Å²) in [7, 11) is 4.47. The van der Waals surface area contributed by atoms with E-state index < -0.39 is 5.91 Å². The normalized spacial score (nSPS) is 12.5. The van der Waals surface area contributed by atoms with Crippen LogP contribution in [0.2, 0.25) is 0 Å². The molecule has 0 atom stereocenters. The number of hydrogen-bond donors (Lipinski definition) is 1. The van der Waals surface area contributed by atoms with E-state index in [0.29, 0.717) is 40.0 Å². The summed E-state index contributed by atoms with van der Waals surface area (Å²) in [5.41, 5.74) is 4.28. The second-order valence-corrected chi connectivity index (χ2v) is 5.62. The molecule has 0 radical (unpaired) electrons. The largest absolute Gasteiger partial charge is 0.493 e. The van der Waals surface area contributed by atoms with Gasteiger partial charge in [-0.1, -0.05) is 0 Å². The molecule has 0 bridgehead atoms. The first-order valence-electron chi connectivity index (χ1n) is 8.12. The van der Waals surface area contributed by atoms with Gasteiger partial charge in [0.1, 0.15) is 0 Å². The van der Waals surface area contributed by atoms with Crippen molar-refractivity contribution in [3.8, 4) is 28.7 Å². The highest BCUT2D eigenvalue weighted by Gasteiger charge is 2.17. The van der Waals surface area contributed by atoms with Crippen LogP contribution in [0.5, 0.6) is 28.7 Å². The van der Waals surface area contributed by atoms with E-state index in [9.17, 15) is 4.79 Å². The average molecular weight is 372 g/mol. The highest BCUT2D eigenvalue weighted by Crippen LogP contribution is 2.38. The maximum atomic E-state index is 12.5. The minimum atomic E-state index is -0.408. The maximum Gasteiger partial charge on any atom is 0.271 e. The number of benzene rings is 2. The number of carbonyl (C=O) groups is 1. The third-order valence-electron chi connectivity index (χ3n) is 4.04. The fourth-order valence-corrected chi connectivity index (χ4v) is 2.60. The van der Waals surface area contributed by atoms with Gasteiger partial charge < -0.3 is 23.7 Å². The molecule has 2 aromatic rings. The molecule has 1 heterocycles. The van der Waals surface area contributed by atoms with E-state index in [1.54, 1.807) is 25.1 Å². The van der Waals surface area contributed by atoms with Crippen molar-refractivity contribution >= 4 is 11.6 Å². The van der Waals surface area contributed by atoms with Crippen LogP contribution in [0.4, 0.5) is 0 Å². The fourth-order valence-electron chi connectivity index (χ4n) is 2.60. The van der Waals surface area contributed by atoms with Crippen molar-refractivity contribution < 1.29 is 28.5 Å². The Bertz CT molecular complexity index is 869. The monoisotopic (exact) mass is 372 g/mol. The van der Waals surface area contributed by atoms with Gasteiger partial charge in [0, 0.05) is 11.1 Å². The Morgan fingerprint density at radius 2 is 1.63 bits per heavy atom. The summed E-state index contributed by atoms with van der Waals surface area (Å²) >= 11 is 0. The third kappa shape index (κ3) is 3.74. The Morgan fingerprint density at radius 3 is 2.26 bits per heavy atom. The molecule has 8 heteroatoms. The molecule has 8 nitrogen and oxygen atoms in total. The number of fused-ring (bicyclic) bond motifs is 1. The number of nitrogens with one attached hydrogen (secondary N) is 1. The molecule has 142 valence electrons. The average Bonchev–Trinajstić information content (AvgIpc) is 3.18. The van der Waals surface area contributed by atoms with E-state index in [2.05, 4.69) is 10.5 Å². The number of carbonyl (C=O) groups excluding carboxylic acids is 1. The highest BCUT2D eigenvalue weighted by molar-refractivity contribution is 6.01. The molecule has 0 spiro atoms. The summed E-state index contributed by atoms with van der Waals surface area (Å²) < 4.78 is 26.4. The molecule has 27 heavy (non-hydrogen) atoms. The van der Waals surface area contributed by atoms with Crippen LogP contribution >= 0.6 is 0 Å². The van der Waals surface area contributed by atoms with Crippen molar-refractivity contribution in [2.24, 2.45) is 5.10 Å². The quantitative estimate of drug-likeness (QED) is 0.619. The van der Waals surface area contributed by atoms with Gasteiger partial charge in [0.05, 0.1) is 27.0 Å². The first-order chi connectivity index (χ1) is 13.1. The summed E-state index contributed by atoms with van der Waals surface area (Å²) in [6.45, 7) is 1.99. The molecule has 0 saturated carbocycles. The zero-order chi connectivity index (χ0) is 19.4. The Morgan fingerprint density at radius 1 is 0.963 bits per heavy atom. The van der Waals surface area contributed by atoms with Gasteiger partial charge in [-0.3, -0.25) is 4.79 Å². The van der Waals surface area contributed by atoms with Crippen molar-refractivity contribution in [3.63, 3.8) is 0 Å². The summed E-state index contributed by atoms with van der Waals surface area (Å²) in [6.07, 6.45) is 0. The lowest BCUT2D eigenvalue weighted by molar-refractivity contribution is 0.0954. The number of methoxy groups -OCH3 is 3. The third-order valence-corrected chi connectivity index (χ3v) is 4.04. The minimum absolute atomic E-state index is 0.201. The highest BCUT2D eigenvalue weighted by atomic mass is 16.7. The molecule has 1 aliphatic heterocycles. The molecule has 3 rings (SSSR count). The van der Waals surface area contributed by atoms with Crippen molar-refractivity contribution in [1.82, 2.24) is 5.43 Å². The van der Waals surface area contributed by atoms with Gasteiger partial charge in [-0.15, -0.1) is 0 Å². The van der Waals surface area contributed by atoms with E-state index in [4.69, 9.17) is 23.7 Å². The molecular weight excluding hydrogens is 352 g/mol. The predicted molar refractivity (Wildman–Crippen MR) is 98.3 cm³/mol. The van der Waals surface area contributed by atoms with Gasteiger partial charge in [0.25, 0.3) is 5.91 Å². The zero-order valence-electron chi connectivity index (χ0n) is 15.5. The van der Waals surface area contributed by atoms with Crippen LogP contribution in [0, 0.1) is 0 Å². The smallest absolute Gasteiger partial charge is 0.271 e. The van der Waals surface area contributed by atoms with Gasteiger partial charge in [-0.2, -0.15) is 5.10 Å². The van der Waals surface area contributed by atoms with E-state index in [1.165, 1.54) is 21.3 Å². The SMILES string of the molecule is COc1cc(C(=O)N/N=C(/C)c2ccc3c(c2)OCO3)cc(OC)c1OC. The van der Waals surface area contributed by atoms with Crippen LogP contribution in [0.1, 0.15) is 22.8 Å². The lowest BCUT2D eigenvalue weighted by atomic mass is 10.1. The Kier molecular flexibility index (Phi) is 5.35. The number of ether oxygens (including phenoxy) is 5. The molecule has 1 N–H and O–H groups in total. The Labute approximate surface area is 156 Å². The van der Waals surface area contributed by atoms with Crippen LogP contribution in [0.3, 0.4) is 0 Å². The lowest BCUT2D eigenvalue weighted by Crippen LogP contribution is -2.19. The topological polar surface area (TPSA) is 87.6 Å². The van der Waals surface area contributed by atoms with Crippen LogP contribution in [-0.4, -0.2) is 39.7 Å². The van der Waals surface area contributed by atoms with E-state index >= 15 is 0 Å². The van der Waals surface area contributed by atoms with Gasteiger partial charge in [-0.25, -0.2) is 5.43 Å². The molecule has 0 unspecified atom stereocenters. The van der Waals surface area contributed by atoms with Gasteiger partial charge >= 0.3 is 0 Å². The number of rotatable bonds is 6. The number of hydrazone groups is 1. The summed E-state index contributed by atoms with van der Waals surface area (Å²) in [5.74, 6) is 2.12. The summed E-state index contributed by atoms with van der Waals surface area (Å²) in [6, 6.07) is 8.58. The van der Waals surface area contributed by atoms with Crippen molar-refractivity contribution in [1.29, 1.82) is 0 Å². The summed E-state index contributed by atoms with van der Waals surface area (Å²) in [4.78, 5) is 12.5. The van der Waals surface area contributed by atoms with E-state index in [1.807, 2.05) is 12.1 Å². The summed E-state index contributed by atoms with van der Waals surface area (Å²) in [5, 5.41) is 4.16. The zero-order valence-corrected chi connectivity index (χ0v) is 15.5. The molecule has 1 amide bonds. The number of nitrogens with zero attached hydrogens (tertiary/aromatic N) is 1. The molecule has 0 aliphatic carbocycles. The molecule has 1 aliphatic rings. The Hall–Kier alpha value is -3.42. The first-order valence-corrected chi connectivity index (χ1v) is 8.12. The van der Waals surface area contributed by atoms with Gasteiger partial charge in [-0.05, 0) is 37.3 Å². The number of hydrogen-bond acceptors (Lipinski definition) is 7. The second kappa shape index (κ2) is 7.86. The van der Waals surface area contributed by atoms with Crippen molar-refractivity contribution in [2.45, 2.75) is 6.92 Å². The van der Waals surface area contributed by atoms with Gasteiger partial charge in [0.2, 0.25) is 12.5 Å². The van der Waals surface area contributed by atoms with Crippen LogP contribution in [0.25, 0.3) is 0 Å².